The lowest BCUT2D eigenvalue weighted by Crippen LogP contribution is -2.12. The van der Waals surface area contributed by atoms with Crippen molar-refractivity contribution < 1.29 is 8.42 Å². The molecule has 0 amide bonds. The molecule has 3 N–H and O–H groups in total. The third-order valence-electron chi connectivity index (χ3n) is 2.75. The molecule has 0 spiro atoms. The standard InChI is InChI=1S/C13H17N3O2S2/c1-10-9-15-13(19-10)16-20(17,18)12-6-4-11(5-7-12)3-2-8-14/h4-7,9H,2-3,8,14H2,1H3,(H,15,16). The number of rotatable bonds is 6. The Balaban J connectivity index is 2.13. The molecule has 2 rings (SSSR count). The Morgan fingerprint density at radius 1 is 1.30 bits per heavy atom. The number of aryl methyl sites for hydroxylation is 2. The molecule has 0 aliphatic rings. The Morgan fingerprint density at radius 3 is 2.55 bits per heavy atom. The molecule has 5 nitrogen and oxygen atoms in total. The zero-order chi connectivity index (χ0) is 14.6. The number of thiazole rings is 1. The van der Waals surface area contributed by atoms with E-state index in [1.54, 1.807) is 18.3 Å². The van der Waals surface area contributed by atoms with Gasteiger partial charge in [0.1, 0.15) is 0 Å². The average Bonchev–Trinajstić information content (AvgIpc) is 2.81. The van der Waals surface area contributed by atoms with Crippen LogP contribution in [0.1, 0.15) is 16.9 Å². The highest BCUT2D eigenvalue weighted by Crippen LogP contribution is 2.21. The van der Waals surface area contributed by atoms with Crippen LogP contribution in [0.15, 0.2) is 35.4 Å². The first-order valence-corrected chi connectivity index (χ1v) is 8.55. The van der Waals surface area contributed by atoms with E-state index in [1.807, 2.05) is 19.1 Å². The normalized spacial score (nSPS) is 11.5. The Hall–Kier alpha value is -1.44. The average molecular weight is 311 g/mol. The highest BCUT2D eigenvalue weighted by molar-refractivity contribution is 7.93. The number of hydrogen-bond donors (Lipinski definition) is 2. The number of nitrogens with two attached hydrogens (primary N) is 1. The van der Waals surface area contributed by atoms with E-state index in [-0.39, 0.29) is 4.90 Å². The Bertz CT molecular complexity index is 663. The van der Waals surface area contributed by atoms with Gasteiger partial charge < -0.3 is 5.73 Å². The molecule has 2 aromatic rings. The van der Waals surface area contributed by atoms with E-state index in [2.05, 4.69) is 9.71 Å². The number of sulfonamides is 1. The minimum Gasteiger partial charge on any atom is -0.330 e. The minimum absolute atomic E-state index is 0.238. The molecule has 0 radical (unpaired) electrons. The molecule has 20 heavy (non-hydrogen) atoms. The van der Waals surface area contributed by atoms with Crippen LogP contribution in [0.25, 0.3) is 0 Å². The maximum atomic E-state index is 12.2. The Kier molecular flexibility index (Phi) is 4.74. The molecule has 1 aromatic heterocycles. The maximum Gasteiger partial charge on any atom is 0.263 e. The summed E-state index contributed by atoms with van der Waals surface area (Å²) >= 11 is 1.31. The third-order valence-corrected chi connectivity index (χ3v) is 5.06. The summed E-state index contributed by atoms with van der Waals surface area (Å²) in [5.41, 5.74) is 6.53. The van der Waals surface area contributed by atoms with Gasteiger partial charge in [0.15, 0.2) is 5.13 Å². The van der Waals surface area contributed by atoms with Crippen molar-refractivity contribution in [2.24, 2.45) is 5.73 Å². The summed E-state index contributed by atoms with van der Waals surface area (Å²) in [5, 5.41) is 0.384. The lowest BCUT2D eigenvalue weighted by atomic mass is 10.1. The first-order valence-electron chi connectivity index (χ1n) is 6.25. The van der Waals surface area contributed by atoms with Gasteiger partial charge in [-0.05, 0) is 44.0 Å². The topological polar surface area (TPSA) is 85.1 Å². The van der Waals surface area contributed by atoms with Crippen LogP contribution < -0.4 is 10.5 Å². The number of benzene rings is 1. The number of nitrogens with zero attached hydrogens (tertiary/aromatic N) is 1. The molecule has 0 saturated heterocycles. The van der Waals surface area contributed by atoms with Crippen molar-refractivity contribution in [3.05, 3.63) is 40.9 Å². The quantitative estimate of drug-likeness (QED) is 0.856. The molecule has 0 aliphatic carbocycles. The molecular weight excluding hydrogens is 294 g/mol. The van der Waals surface area contributed by atoms with Gasteiger partial charge in [0.25, 0.3) is 10.0 Å². The summed E-state index contributed by atoms with van der Waals surface area (Å²) in [7, 11) is -3.56. The van der Waals surface area contributed by atoms with Crippen molar-refractivity contribution in [1.82, 2.24) is 4.98 Å². The molecule has 0 saturated carbocycles. The van der Waals surface area contributed by atoms with Gasteiger partial charge in [0.05, 0.1) is 4.90 Å². The molecule has 108 valence electrons. The van der Waals surface area contributed by atoms with Crippen LogP contribution in [0, 0.1) is 6.92 Å². The van der Waals surface area contributed by atoms with Crippen molar-refractivity contribution in [2.75, 3.05) is 11.3 Å². The van der Waals surface area contributed by atoms with Gasteiger partial charge in [-0.1, -0.05) is 12.1 Å². The van der Waals surface area contributed by atoms with Crippen LogP contribution in [-0.2, 0) is 16.4 Å². The highest BCUT2D eigenvalue weighted by Gasteiger charge is 2.15. The molecule has 1 heterocycles. The molecular formula is C13H17N3O2S2. The van der Waals surface area contributed by atoms with Gasteiger partial charge in [0.2, 0.25) is 0 Å². The number of hydrogen-bond acceptors (Lipinski definition) is 5. The summed E-state index contributed by atoms with van der Waals surface area (Å²) in [4.78, 5) is 5.19. The summed E-state index contributed by atoms with van der Waals surface area (Å²) in [6, 6.07) is 6.85. The van der Waals surface area contributed by atoms with Crippen molar-refractivity contribution in [2.45, 2.75) is 24.7 Å². The summed E-state index contributed by atoms with van der Waals surface area (Å²) in [6.45, 7) is 2.51. The van der Waals surface area contributed by atoms with E-state index in [9.17, 15) is 8.42 Å². The van der Waals surface area contributed by atoms with Crippen LogP contribution in [0.2, 0.25) is 0 Å². The van der Waals surface area contributed by atoms with Gasteiger partial charge in [0, 0.05) is 11.1 Å². The van der Waals surface area contributed by atoms with Crippen LogP contribution in [0.3, 0.4) is 0 Å². The second-order valence-electron chi connectivity index (χ2n) is 4.42. The monoisotopic (exact) mass is 311 g/mol. The smallest absolute Gasteiger partial charge is 0.263 e. The van der Waals surface area contributed by atoms with E-state index in [0.717, 1.165) is 23.3 Å². The first-order chi connectivity index (χ1) is 9.51. The van der Waals surface area contributed by atoms with Crippen molar-refractivity contribution in [3.63, 3.8) is 0 Å². The lowest BCUT2D eigenvalue weighted by molar-refractivity contribution is 0.601. The number of aromatic nitrogens is 1. The van der Waals surface area contributed by atoms with E-state index in [1.165, 1.54) is 11.3 Å². The third kappa shape index (κ3) is 3.78. The molecule has 1 aromatic carbocycles. The number of nitrogens with one attached hydrogen (secondary N) is 1. The summed E-state index contributed by atoms with van der Waals surface area (Å²) in [5.74, 6) is 0. The van der Waals surface area contributed by atoms with Gasteiger partial charge in [-0.25, -0.2) is 13.4 Å². The van der Waals surface area contributed by atoms with E-state index in [4.69, 9.17) is 5.73 Å². The molecule has 0 fully saturated rings. The Labute approximate surface area is 122 Å². The second kappa shape index (κ2) is 6.34. The maximum absolute atomic E-state index is 12.2. The van der Waals surface area contributed by atoms with E-state index in [0.29, 0.717) is 11.7 Å². The largest absolute Gasteiger partial charge is 0.330 e. The van der Waals surface area contributed by atoms with Gasteiger partial charge >= 0.3 is 0 Å². The van der Waals surface area contributed by atoms with Crippen molar-refractivity contribution in [3.8, 4) is 0 Å². The van der Waals surface area contributed by atoms with Gasteiger partial charge in [-0.15, -0.1) is 11.3 Å². The molecule has 0 unspecified atom stereocenters. The molecule has 0 bridgehead atoms. The zero-order valence-electron chi connectivity index (χ0n) is 11.2. The minimum atomic E-state index is -3.56. The summed E-state index contributed by atoms with van der Waals surface area (Å²) < 4.78 is 26.8. The fraction of sp³-hybridized carbons (Fsp3) is 0.308. The fourth-order valence-electron chi connectivity index (χ4n) is 1.72. The molecule has 0 atom stereocenters. The predicted molar refractivity (Wildman–Crippen MR) is 81.5 cm³/mol. The first kappa shape index (κ1) is 15.0. The van der Waals surface area contributed by atoms with Crippen LogP contribution in [-0.4, -0.2) is 19.9 Å². The zero-order valence-corrected chi connectivity index (χ0v) is 12.8. The van der Waals surface area contributed by atoms with E-state index >= 15 is 0 Å². The predicted octanol–water partition coefficient (Wildman–Crippen LogP) is 2.14. The summed E-state index contributed by atoms with van der Waals surface area (Å²) in [6.07, 6.45) is 3.39. The van der Waals surface area contributed by atoms with Crippen molar-refractivity contribution in [1.29, 1.82) is 0 Å². The second-order valence-corrected chi connectivity index (χ2v) is 7.33. The number of anilines is 1. The van der Waals surface area contributed by atoms with E-state index < -0.39 is 10.0 Å². The van der Waals surface area contributed by atoms with Gasteiger partial charge in [-0.3, -0.25) is 4.72 Å². The van der Waals surface area contributed by atoms with Crippen LogP contribution in [0.5, 0.6) is 0 Å². The van der Waals surface area contributed by atoms with Crippen LogP contribution in [0.4, 0.5) is 5.13 Å². The SMILES string of the molecule is Cc1cnc(NS(=O)(=O)c2ccc(CCCN)cc2)s1. The Morgan fingerprint density at radius 2 is 2.00 bits per heavy atom. The lowest BCUT2D eigenvalue weighted by Gasteiger charge is -2.06. The van der Waals surface area contributed by atoms with Crippen molar-refractivity contribution >= 4 is 26.5 Å². The van der Waals surface area contributed by atoms with Gasteiger partial charge in [-0.2, -0.15) is 0 Å². The molecule has 0 aliphatic heterocycles. The fourth-order valence-corrected chi connectivity index (χ4v) is 3.62. The molecule has 7 heteroatoms. The van der Waals surface area contributed by atoms with Crippen LogP contribution >= 0.6 is 11.3 Å². The highest BCUT2D eigenvalue weighted by atomic mass is 32.2.